The number of aliphatic hydroxyl groups is 1. The van der Waals surface area contributed by atoms with Crippen LogP contribution in [0.3, 0.4) is 0 Å². The SMILES string of the molecule is COc1ccc(-c2csc(NC(=O)NC3CCC(O)CC3)n2)cc1. The third-order valence-electron chi connectivity index (χ3n) is 4.14. The van der Waals surface area contributed by atoms with Crippen LogP contribution in [0.4, 0.5) is 9.93 Å². The largest absolute Gasteiger partial charge is 0.497 e. The highest BCUT2D eigenvalue weighted by atomic mass is 32.1. The fraction of sp³-hybridized carbons (Fsp3) is 0.412. The van der Waals surface area contributed by atoms with Crippen molar-refractivity contribution in [1.82, 2.24) is 10.3 Å². The molecule has 0 unspecified atom stereocenters. The molecule has 2 aromatic rings. The number of carbonyl (C=O) groups excluding carboxylic acids is 1. The third kappa shape index (κ3) is 4.24. The standard InChI is InChI=1S/C17H21N3O3S/c1-23-14-8-2-11(3-9-14)15-10-24-17(19-15)20-16(22)18-12-4-6-13(21)7-5-12/h2-3,8-10,12-13,21H,4-7H2,1H3,(H2,18,19,20,22). The van der Waals surface area contributed by atoms with E-state index in [4.69, 9.17) is 4.74 Å². The van der Waals surface area contributed by atoms with Gasteiger partial charge in [0, 0.05) is 17.0 Å². The summed E-state index contributed by atoms with van der Waals surface area (Å²) in [4.78, 5) is 16.5. The number of anilines is 1. The molecule has 3 N–H and O–H groups in total. The van der Waals surface area contributed by atoms with Crippen molar-refractivity contribution < 1.29 is 14.6 Å². The Balaban J connectivity index is 1.56. The second kappa shape index (κ2) is 7.63. The summed E-state index contributed by atoms with van der Waals surface area (Å²) in [6, 6.07) is 7.51. The molecule has 2 amide bonds. The maximum Gasteiger partial charge on any atom is 0.321 e. The van der Waals surface area contributed by atoms with Crippen molar-refractivity contribution in [3.8, 4) is 17.0 Å². The summed E-state index contributed by atoms with van der Waals surface area (Å²) in [5.41, 5.74) is 1.79. The molecule has 3 rings (SSSR count). The van der Waals surface area contributed by atoms with Crippen molar-refractivity contribution in [3.05, 3.63) is 29.6 Å². The van der Waals surface area contributed by atoms with Crippen LogP contribution >= 0.6 is 11.3 Å². The van der Waals surface area contributed by atoms with E-state index in [1.807, 2.05) is 29.6 Å². The number of aromatic nitrogens is 1. The lowest BCUT2D eigenvalue weighted by molar-refractivity contribution is 0.118. The molecule has 0 saturated heterocycles. The van der Waals surface area contributed by atoms with Crippen LogP contribution in [0.5, 0.6) is 5.75 Å². The van der Waals surface area contributed by atoms with Gasteiger partial charge in [0.25, 0.3) is 0 Å². The first-order valence-corrected chi connectivity index (χ1v) is 8.87. The zero-order valence-corrected chi connectivity index (χ0v) is 14.3. The Morgan fingerprint density at radius 2 is 1.96 bits per heavy atom. The van der Waals surface area contributed by atoms with Gasteiger partial charge in [0.1, 0.15) is 5.75 Å². The molecule has 0 radical (unpaired) electrons. The van der Waals surface area contributed by atoms with Gasteiger partial charge >= 0.3 is 6.03 Å². The van der Waals surface area contributed by atoms with Gasteiger partial charge < -0.3 is 15.2 Å². The van der Waals surface area contributed by atoms with Crippen molar-refractivity contribution in [2.75, 3.05) is 12.4 Å². The van der Waals surface area contributed by atoms with Gasteiger partial charge in [0.15, 0.2) is 5.13 Å². The molecule has 7 heteroatoms. The minimum Gasteiger partial charge on any atom is -0.497 e. The monoisotopic (exact) mass is 347 g/mol. The number of thiazole rings is 1. The summed E-state index contributed by atoms with van der Waals surface area (Å²) < 4.78 is 5.14. The third-order valence-corrected chi connectivity index (χ3v) is 4.90. The Labute approximate surface area is 144 Å². The first kappa shape index (κ1) is 16.7. The number of ether oxygens (including phenoxy) is 1. The second-order valence-corrected chi connectivity index (χ2v) is 6.73. The van der Waals surface area contributed by atoms with Crippen LogP contribution in [0.1, 0.15) is 25.7 Å². The van der Waals surface area contributed by atoms with Crippen LogP contribution in [-0.4, -0.2) is 35.4 Å². The molecule has 1 fully saturated rings. The second-order valence-electron chi connectivity index (χ2n) is 5.87. The van der Waals surface area contributed by atoms with E-state index in [0.717, 1.165) is 42.7 Å². The quantitative estimate of drug-likeness (QED) is 0.793. The molecule has 1 aliphatic carbocycles. The summed E-state index contributed by atoms with van der Waals surface area (Å²) in [7, 11) is 1.63. The predicted octanol–water partition coefficient (Wildman–Crippen LogP) is 3.24. The van der Waals surface area contributed by atoms with Gasteiger partial charge in [-0.05, 0) is 49.9 Å². The average molecular weight is 347 g/mol. The van der Waals surface area contributed by atoms with Crippen LogP contribution in [0.15, 0.2) is 29.6 Å². The molecule has 1 aliphatic rings. The van der Waals surface area contributed by atoms with Crippen molar-refractivity contribution >= 4 is 22.5 Å². The number of hydrogen-bond acceptors (Lipinski definition) is 5. The molecule has 1 aromatic carbocycles. The molecule has 6 nitrogen and oxygen atoms in total. The number of carbonyl (C=O) groups is 1. The van der Waals surface area contributed by atoms with Crippen molar-refractivity contribution in [2.45, 2.75) is 37.8 Å². The van der Waals surface area contributed by atoms with Crippen LogP contribution in [0.2, 0.25) is 0 Å². The first-order chi connectivity index (χ1) is 11.6. The van der Waals surface area contributed by atoms with Crippen LogP contribution in [-0.2, 0) is 0 Å². The molecule has 24 heavy (non-hydrogen) atoms. The van der Waals surface area contributed by atoms with E-state index in [2.05, 4.69) is 15.6 Å². The van der Waals surface area contributed by atoms with Crippen LogP contribution in [0.25, 0.3) is 11.3 Å². The maximum absolute atomic E-state index is 12.1. The first-order valence-electron chi connectivity index (χ1n) is 7.99. The van der Waals surface area contributed by atoms with Crippen molar-refractivity contribution in [2.24, 2.45) is 0 Å². The molecule has 0 bridgehead atoms. The molecule has 1 aromatic heterocycles. The summed E-state index contributed by atoms with van der Waals surface area (Å²) in [6.45, 7) is 0. The molecular formula is C17H21N3O3S. The highest BCUT2D eigenvalue weighted by Crippen LogP contribution is 2.26. The van der Waals surface area contributed by atoms with Gasteiger partial charge in [0.05, 0.1) is 18.9 Å². The summed E-state index contributed by atoms with van der Waals surface area (Å²) >= 11 is 1.39. The number of rotatable bonds is 4. The molecule has 0 aliphatic heterocycles. The Bertz CT molecular complexity index is 679. The molecule has 0 spiro atoms. The van der Waals surface area contributed by atoms with E-state index < -0.39 is 0 Å². The van der Waals surface area contributed by atoms with Crippen LogP contribution < -0.4 is 15.4 Å². The zero-order chi connectivity index (χ0) is 16.9. The van der Waals surface area contributed by atoms with E-state index in [0.29, 0.717) is 5.13 Å². The fourth-order valence-electron chi connectivity index (χ4n) is 2.76. The van der Waals surface area contributed by atoms with Gasteiger partial charge in [0.2, 0.25) is 0 Å². The van der Waals surface area contributed by atoms with Gasteiger partial charge in [-0.3, -0.25) is 5.32 Å². The number of benzene rings is 1. The Morgan fingerprint density at radius 1 is 1.25 bits per heavy atom. The van der Waals surface area contributed by atoms with Gasteiger partial charge in [-0.25, -0.2) is 9.78 Å². The van der Waals surface area contributed by atoms with Crippen molar-refractivity contribution in [3.63, 3.8) is 0 Å². The molecular weight excluding hydrogens is 326 g/mol. The molecule has 1 heterocycles. The summed E-state index contributed by atoms with van der Waals surface area (Å²) in [5, 5.41) is 17.7. The van der Waals surface area contributed by atoms with Gasteiger partial charge in [-0.15, -0.1) is 11.3 Å². The van der Waals surface area contributed by atoms with E-state index in [9.17, 15) is 9.90 Å². The van der Waals surface area contributed by atoms with Crippen molar-refractivity contribution in [1.29, 1.82) is 0 Å². The van der Waals surface area contributed by atoms with E-state index in [1.54, 1.807) is 7.11 Å². The Morgan fingerprint density at radius 3 is 2.62 bits per heavy atom. The minimum absolute atomic E-state index is 0.120. The maximum atomic E-state index is 12.1. The van der Waals surface area contributed by atoms with E-state index >= 15 is 0 Å². The van der Waals surface area contributed by atoms with Crippen LogP contribution in [0, 0.1) is 0 Å². The number of hydrogen-bond donors (Lipinski definition) is 3. The highest BCUT2D eigenvalue weighted by molar-refractivity contribution is 7.14. The zero-order valence-electron chi connectivity index (χ0n) is 13.5. The number of methoxy groups -OCH3 is 1. The Hall–Kier alpha value is -2.12. The lowest BCUT2D eigenvalue weighted by Gasteiger charge is -2.25. The topological polar surface area (TPSA) is 83.5 Å². The van der Waals surface area contributed by atoms with E-state index in [1.165, 1.54) is 11.3 Å². The Kier molecular flexibility index (Phi) is 5.32. The number of nitrogens with zero attached hydrogens (tertiary/aromatic N) is 1. The fourth-order valence-corrected chi connectivity index (χ4v) is 3.48. The number of nitrogens with one attached hydrogen (secondary N) is 2. The predicted molar refractivity (Wildman–Crippen MR) is 94.5 cm³/mol. The smallest absolute Gasteiger partial charge is 0.321 e. The van der Waals surface area contributed by atoms with E-state index in [-0.39, 0.29) is 18.2 Å². The average Bonchev–Trinajstić information content (AvgIpc) is 3.05. The number of amides is 2. The minimum atomic E-state index is -0.243. The lowest BCUT2D eigenvalue weighted by atomic mass is 9.93. The summed E-state index contributed by atoms with van der Waals surface area (Å²) in [6.07, 6.45) is 2.87. The normalized spacial score (nSPS) is 20.4. The molecule has 0 atom stereocenters. The number of aliphatic hydroxyl groups excluding tert-OH is 1. The molecule has 128 valence electrons. The summed E-state index contributed by atoms with van der Waals surface area (Å²) in [5.74, 6) is 0.796. The molecule has 1 saturated carbocycles. The lowest BCUT2D eigenvalue weighted by Crippen LogP contribution is -2.40. The highest BCUT2D eigenvalue weighted by Gasteiger charge is 2.21. The van der Waals surface area contributed by atoms with Gasteiger partial charge in [-0.1, -0.05) is 0 Å². The van der Waals surface area contributed by atoms with Gasteiger partial charge in [-0.2, -0.15) is 0 Å². The number of urea groups is 1.